The Kier molecular flexibility index (Phi) is 7.57. The summed E-state index contributed by atoms with van der Waals surface area (Å²) in [5.74, 6) is 0.569. The molecule has 0 spiro atoms. The van der Waals surface area contributed by atoms with Gasteiger partial charge in [0, 0.05) is 11.1 Å². The van der Waals surface area contributed by atoms with Crippen molar-refractivity contribution in [1.29, 1.82) is 0 Å². The second kappa shape index (κ2) is 10.5. The van der Waals surface area contributed by atoms with E-state index in [9.17, 15) is 9.59 Å². The zero-order valence-electron chi connectivity index (χ0n) is 17.9. The number of Topliss-reactive ketones (excluding diaryl/α,β-unsaturated/α-hetero) is 2. The third-order valence-electron chi connectivity index (χ3n) is 4.91. The number of ether oxygens (including phenoxy) is 2. The Labute approximate surface area is 182 Å². The van der Waals surface area contributed by atoms with E-state index in [1.165, 1.54) is 0 Å². The molecule has 0 amide bonds. The van der Waals surface area contributed by atoms with Crippen LogP contribution in [-0.4, -0.2) is 31.3 Å². The van der Waals surface area contributed by atoms with Crippen LogP contribution < -0.4 is 15.2 Å². The first-order valence-electron chi connectivity index (χ1n) is 10.2. The van der Waals surface area contributed by atoms with Gasteiger partial charge in [-0.15, -0.1) is 0 Å². The molecule has 3 rings (SSSR count). The van der Waals surface area contributed by atoms with Crippen LogP contribution in [0, 0.1) is 13.8 Å². The van der Waals surface area contributed by atoms with Crippen LogP contribution in [0.1, 0.15) is 37.4 Å². The van der Waals surface area contributed by atoms with Gasteiger partial charge in [0.2, 0.25) is 0 Å². The van der Waals surface area contributed by atoms with E-state index in [2.05, 4.69) is 0 Å². The van der Waals surface area contributed by atoms with E-state index in [-0.39, 0.29) is 24.8 Å². The van der Waals surface area contributed by atoms with Crippen molar-refractivity contribution < 1.29 is 19.1 Å². The van der Waals surface area contributed by atoms with Gasteiger partial charge in [0.1, 0.15) is 0 Å². The van der Waals surface area contributed by atoms with Gasteiger partial charge in [0.25, 0.3) is 0 Å². The molecule has 0 heterocycles. The molecule has 5 heteroatoms. The Morgan fingerprint density at radius 3 is 1.68 bits per heavy atom. The number of nitrogens with two attached hydrogens (primary N) is 1. The maximum absolute atomic E-state index is 12.5. The van der Waals surface area contributed by atoms with Gasteiger partial charge in [-0.3, -0.25) is 9.59 Å². The summed E-state index contributed by atoms with van der Waals surface area (Å²) in [5, 5.41) is 0. The number of benzene rings is 3. The Balaban J connectivity index is 1.70. The van der Waals surface area contributed by atoms with E-state index in [0.29, 0.717) is 35.6 Å². The third kappa shape index (κ3) is 6.27. The van der Waals surface area contributed by atoms with E-state index in [1.807, 2.05) is 44.2 Å². The largest absolute Gasteiger partial charge is 0.482 e. The molecule has 0 radical (unpaired) electrons. The van der Waals surface area contributed by atoms with Crippen molar-refractivity contribution in [2.45, 2.75) is 20.3 Å². The maximum Gasteiger partial charge on any atom is 0.200 e. The molecule has 0 aliphatic rings. The number of rotatable bonds is 10. The second-order valence-corrected chi connectivity index (χ2v) is 7.48. The Morgan fingerprint density at radius 1 is 0.710 bits per heavy atom. The molecule has 160 valence electrons. The fraction of sp³-hybridized carbons (Fsp3) is 0.231. The number of hydrogen-bond acceptors (Lipinski definition) is 5. The van der Waals surface area contributed by atoms with Crippen molar-refractivity contribution in [2.24, 2.45) is 5.73 Å². The minimum absolute atomic E-state index is 0.123. The van der Waals surface area contributed by atoms with E-state index in [0.717, 1.165) is 16.7 Å². The lowest BCUT2D eigenvalue weighted by Gasteiger charge is -2.14. The fourth-order valence-corrected chi connectivity index (χ4v) is 3.04. The van der Waals surface area contributed by atoms with Gasteiger partial charge in [0.05, 0.1) is 0 Å². The summed E-state index contributed by atoms with van der Waals surface area (Å²) in [6.45, 7) is 4.18. The van der Waals surface area contributed by atoms with Gasteiger partial charge in [-0.05, 0) is 44.5 Å². The van der Waals surface area contributed by atoms with Crippen molar-refractivity contribution in [3.63, 3.8) is 0 Å². The van der Waals surface area contributed by atoms with E-state index < -0.39 is 0 Å². The molecular formula is C26H27NO4. The number of carbonyl (C=O) groups is 2. The number of hydrogen-bond donors (Lipinski definition) is 1. The minimum atomic E-state index is -0.133. The highest BCUT2D eigenvalue weighted by Gasteiger charge is 2.13. The lowest BCUT2D eigenvalue weighted by atomic mass is 10.1. The molecule has 3 aromatic rings. The van der Waals surface area contributed by atoms with Gasteiger partial charge in [-0.25, -0.2) is 0 Å². The third-order valence-corrected chi connectivity index (χ3v) is 4.91. The average Bonchev–Trinajstić information content (AvgIpc) is 2.77. The normalized spacial score (nSPS) is 10.5. The minimum Gasteiger partial charge on any atom is -0.482 e. The van der Waals surface area contributed by atoms with Crippen molar-refractivity contribution >= 4 is 11.6 Å². The second-order valence-electron chi connectivity index (χ2n) is 7.48. The molecule has 2 N–H and O–H groups in total. The van der Waals surface area contributed by atoms with Gasteiger partial charge in [-0.2, -0.15) is 0 Å². The standard InChI is InChI=1S/C26H27NO4/c1-18-3-8-21(9-4-18)23(28)16-30-25-12-7-20(13-14-27)15-26(25)31-17-24(29)22-10-5-19(2)6-11-22/h3-12,15H,13-14,16-17,27H2,1-2H3. The molecule has 0 aliphatic heterocycles. The van der Waals surface area contributed by atoms with Crippen LogP contribution in [0.15, 0.2) is 66.7 Å². The molecule has 0 unspecified atom stereocenters. The van der Waals surface area contributed by atoms with Crippen molar-refractivity contribution in [1.82, 2.24) is 0 Å². The number of ketones is 2. The van der Waals surface area contributed by atoms with Crippen LogP contribution in [-0.2, 0) is 6.42 Å². The van der Waals surface area contributed by atoms with Crippen LogP contribution in [0.3, 0.4) is 0 Å². The number of aryl methyl sites for hydroxylation is 2. The van der Waals surface area contributed by atoms with E-state index >= 15 is 0 Å². The Hall–Kier alpha value is -3.44. The lowest BCUT2D eigenvalue weighted by Crippen LogP contribution is -2.15. The average molecular weight is 418 g/mol. The predicted molar refractivity (Wildman–Crippen MR) is 121 cm³/mol. The smallest absolute Gasteiger partial charge is 0.200 e. The van der Waals surface area contributed by atoms with Gasteiger partial charge >= 0.3 is 0 Å². The summed E-state index contributed by atoms with van der Waals surface area (Å²) in [6, 6.07) is 20.1. The van der Waals surface area contributed by atoms with Crippen LogP contribution >= 0.6 is 0 Å². The summed E-state index contributed by atoms with van der Waals surface area (Å²) in [7, 11) is 0. The molecule has 0 saturated heterocycles. The zero-order chi connectivity index (χ0) is 22.2. The molecule has 0 atom stereocenters. The van der Waals surface area contributed by atoms with Gasteiger partial charge in [-0.1, -0.05) is 65.7 Å². The lowest BCUT2D eigenvalue weighted by molar-refractivity contribution is 0.0895. The van der Waals surface area contributed by atoms with Crippen LogP contribution in [0.2, 0.25) is 0 Å². The van der Waals surface area contributed by atoms with E-state index in [1.54, 1.807) is 36.4 Å². The molecule has 5 nitrogen and oxygen atoms in total. The van der Waals surface area contributed by atoms with Crippen molar-refractivity contribution in [2.75, 3.05) is 19.8 Å². The summed E-state index contributed by atoms with van der Waals surface area (Å²) in [6.07, 6.45) is 0.671. The summed E-state index contributed by atoms with van der Waals surface area (Å²) in [5.41, 5.74) is 9.97. The van der Waals surface area contributed by atoms with Crippen LogP contribution in [0.25, 0.3) is 0 Å². The SMILES string of the molecule is Cc1ccc(C(=O)COc2ccc(CCN)cc2OCC(=O)c2ccc(C)cc2)cc1. The van der Waals surface area contributed by atoms with Crippen LogP contribution in [0.4, 0.5) is 0 Å². The molecule has 0 saturated carbocycles. The molecule has 3 aromatic carbocycles. The molecule has 31 heavy (non-hydrogen) atoms. The summed E-state index contributed by atoms with van der Waals surface area (Å²) in [4.78, 5) is 24.9. The first kappa shape index (κ1) is 22.2. The van der Waals surface area contributed by atoms with Crippen LogP contribution in [0.5, 0.6) is 11.5 Å². The summed E-state index contributed by atoms with van der Waals surface area (Å²) < 4.78 is 11.6. The Morgan fingerprint density at radius 2 is 1.19 bits per heavy atom. The first-order valence-corrected chi connectivity index (χ1v) is 10.2. The highest BCUT2D eigenvalue weighted by Crippen LogP contribution is 2.29. The first-order chi connectivity index (χ1) is 15.0. The fourth-order valence-electron chi connectivity index (χ4n) is 3.04. The molecule has 0 aromatic heterocycles. The monoisotopic (exact) mass is 417 g/mol. The zero-order valence-corrected chi connectivity index (χ0v) is 17.9. The Bertz CT molecular complexity index is 1040. The maximum atomic E-state index is 12.5. The summed E-state index contributed by atoms with van der Waals surface area (Å²) >= 11 is 0. The quantitative estimate of drug-likeness (QED) is 0.497. The predicted octanol–water partition coefficient (Wildman–Crippen LogP) is 4.33. The molecule has 0 bridgehead atoms. The molecule has 0 aliphatic carbocycles. The van der Waals surface area contributed by atoms with Gasteiger partial charge < -0.3 is 15.2 Å². The highest BCUT2D eigenvalue weighted by molar-refractivity contribution is 5.97. The highest BCUT2D eigenvalue weighted by atomic mass is 16.5. The van der Waals surface area contributed by atoms with Gasteiger partial charge in [0.15, 0.2) is 36.3 Å². The number of carbonyl (C=O) groups excluding carboxylic acids is 2. The van der Waals surface area contributed by atoms with Crippen molar-refractivity contribution in [3.8, 4) is 11.5 Å². The molecule has 0 fully saturated rings. The van der Waals surface area contributed by atoms with E-state index in [4.69, 9.17) is 15.2 Å². The topological polar surface area (TPSA) is 78.6 Å². The van der Waals surface area contributed by atoms with Crippen molar-refractivity contribution in [3.05, 3.63) is 94.5 Å². The molecular weight excluding hydrogens is 390 g/mol.